The van der Waals surface area contributed by atoms with E-state index in [1.807, 2.05) is 7.05 Å². The van der Waals surface area contributed by atoms with Gasteiger partial charge in [-0.15, -0.1) is 0 Å². The maximum atomic E-state index is 5.37. The Labute approximate surface area is 56.6 Å². The topological polar surface area (TPSA) is 21.3 Å². The molecule has 0 aromatic carbocycles. The summed E-state index contributed by atoms with van der Waals surface area (Å²) in [7, 11) is 2.02. The minimum atomic E-state index is 0.455. The largest absolute Gasteiger partial charge is 0.378 e. The Morgan fingerprint density at radius 3 is 2.78 bits per heavy atom. The molecule has 0 bridgehead atoms. The van der Waals surface area contributed by atoms with Gasteiger partial charge in [-0.25, -0.2) is 0 Å². The molecule has 1 aliphatic heterocycles. The lowest BCUT2D eigenvalue weighted by Gasteiger charge is -2.26. The predicted octanol–water partition coefficient (Wildman–Crippen LogP) is 0.773. The van der Waals surface area contributed by atoms with Crippen molar-refractivity contribution >= 4 is 0 Å². The molecular formula is C7H15NO. The Balaban J connectivity index is 2.23. The molecule has 2 heteroatoms. The summed E-state index contributed by atoms with van der Waals surface area (Å²) in [5, 5.41) is 3.25. The van der Waals surface area contributed by atoms with Crippen LogP contribution in [0.2, 0.25) is 0 Å². The molecule has 1 rings (SSSR count). The van der Waals surface area contributed by atoms with Gasteiger partial charge in [-0.2, -0.15) is 0 Å². The number of nitrogens with one attached hydrogen (secondary N) is 1. The third kappa shape index (κ3) is 1.95. The Hall–Kier alpha value is -0.0800. The first kappa shape index (κ1) is 7.03. The molecule has 0 saturated carbocycles. The predicted molar refractivity (Wildman–Crippen MR) is 37.5 cm³/mol. The van der Waals surface area contributed by atoms with E-state index in [1.54, 1.807) is 0 Å². The molecule has 0 aromatic heterocycles. The second-order valence-corrected chi connectivity index (χ2v) is 2.69. The maximum absolute atomic E-state index is 5.37. The molecule has 1 saturated heterocycles. The SMILES string of the molecule is CNC1CCOC(C)C1. The van der Waals surface area contributed by atoms with E-state index in [-0.39, 0.29) is 0 Å². The van der Waals surface area contributed by atoms with Crippen LogP contribution in [0.5, 0.6) is 0 Å². The molecule has 1 heterocycles. The van der Waals surface area contributed by atoms with E-state index < -0.39 is 0 Å². The molecule has 0 radical (unpaired) electrons. The van der Waals surface area contributed by atoms with Crippen molar-refractivity contribution in [1.29, 1.82) is 0 Å². The normalized spacial score (nSPS) is 36.7. The number of hydrogen-bond donors (Lipinski definition) is 1. The minimum Gasteiger partial charge on any atom is -0.378 e. The van der Waals surface area contributed by atoms with Crippen molar-refractivity contribution in [2.24, 2.45) is 0 Å². The van der Waals surface area contributed by atoms with E-state index in [0.717, 1.165) is 13.0 Å². The van der Waals surface area contributed by atoms with Crippen molar-refractivity contribution < 1.29 is 4.74 Å². The monoisotopic (exact) mass is 129 g/mol. The van der Waals surface area contributed by atoms with Crippen molar-refractivity contribution in [3.63, 3.8) is 0 Å². The highest BCUT2D eigenvalue weighted by atomic mass is 16.5. The van der Waals surface area contributed by atoms with Gasteiger partial charge in [0.15, 0.2) is 0 Å². The lowest BCUT2D eigenvalue weighted by molar-refractivity contribution is 0.0147. The van der Waals surface area contributed by atoms with Gasteiger partial charge in [-0.3, -0.25) is 0 Å². The third-order valence-electron chi connectivity index (χ3n) is 1.89. The highest BCUT2D eigenvalue weighted by Gasteiger charge is 2.16. The van der Waals surface area contributed by atoms with Crippen molar-refractivity contribution in [2.45, 2.75) is 31.9 Å². The van der Waals surface area contributed by atoms with Gasteiger partial charge >= 0.3 is 0 Å². The fourth-order valence-corrected chi connectivity index (χ4v) is 1.26. The summed E-state index contributed by atoms with van der Waals surface area (Å²) in [6, 6.07) is 0.689. The summed E-state index contributed by atoms with van der Waals surface area (Å²) in [5.74, 6) is 0. The number of hydrogen-bond acceptors (Lipinski definition) is 2. The summed E-state index contributed by atoms with van der Waals surface area (Å²) < 4.78 is 5.37. The lowest BCUT2D eigenvalue weighted by atomic mass is 10.1. The van der Waals surface area contributed by atoms with E-state index in [2.05, 4.69) is 12.2 Å². The second-order valence-electron chi connectivity index (χ2n) is 2.69. The summed E-state index contributed by atoms with van der Waals surface area (Å²) in [4.78, 5) is 0. The molecular weight excluding hydrogens is 114 g/mol. The van der Waals surface area contributed by atoms with E-state index in [1.165, 1.54) is 6.42 Å². The van der Waals surface area contributed by atoms with Crippen molar-refractivity contribution in [3.05, 3.63) is 0 Å². The first-order valence-electron chi connectivity index (χ1n) is 3.62. The van der Waals surface area contributed by atoms with Crippen LogP contribution in [-0.2, 0) is 4.74 Å². The van der Waals surface area contributed by atoms with Crippen molar-refractivity contribution in [3.8, 4) is 0 Å². The zero-order chi connectivity index (χ0) is 6.69. The van der Waals surface area contributed by atoms with Crippen LogP contribution in [0.15, 0.2) is 0 Å². The van der Waals surface area contributed by atoms with Crippen LogP contribution >= 0.6 is 0 Å². The van der Waals surface area contributed by atoms with E-state index in [9.17, 15) is 0 Å². The number of rotatable bonds is 1. The van der Waals surface area contributed by atoms with Crippen molar-refractivity contribution in [1.82, 2.24) is 5.32 Å². The molecule has 0 aromatic rings. The van der Waals surface area contributed by atoms with Gasteiger partial charge in [0.25, 0.3) is 0 Å². The smallest absolute Gasteiger partial charge is 0.0561 e. The van der Waals surface area contributed by atoms with Crippen LogP contribution in [0, 0.1) is 0 Å². The zero-order valence-corrected chi connectivity index (χ0v) is 6.18. The van der Waals surface area contributed by atoms with Gasteiger partial charge in [0.05, 0.1) is 6.10 Å². The fraction of sp³-hybridized carbons (Fsp3) is 1.00. The molecule has 1 N–H and O–H groups in total. The van der Waals surface area contributed by atoms with E-state index in [0.29, 0.717) is 12.1 Å². The standard InChI is InChI=1S/C7H15NO/c1-6-5-7(8-2)3-4-9-6/h6-8H,3-5H2,1-2H3. The van der Waals surface area contributed by atoms with Crippen molar-refractivity contribution in [2.75, 3.05) is 13.7 Å². The van der Waals surface area contributed by atoms with Gasteiger partial charge in [0.2, 0.25) is 0 Å². The van der Waals surface area contributed by atoms with Gasteiger partial charge in [0.1, 0.15) is 0 Å². The molecule has 2 nitrogen and oxygen atoms in total. The zero-order valence-electron chi connectivity index (χ0n) is 6.18. The average molecular weight is 129 g/mol. The molecule has 0 aliphatic carbocycles. The van der Waals surface area contributed by atoms with Gasteiger partial charge in [-0.05, 0) is 26.8 Å². The number of ether oxygens (including phenoxy) is 1. The second kappa shape index (κ2) is 3.18. The first-order chi connectivity index (χ1) is 4.33. The Morgan fingerprint density at radius 2 is 2.33 bits per heavy atom. The molecule has 2 atom stereocenters. The summed E-state index contributed by atoms with van der Waals surface area (Å²) in [6.45, 7) is 3.05. The summed E-state index contributed by atoms with van der Waals surface area (Å²) in [5.41, 5.74) is 0. The first-order valence-corrected chi connectivity index (χ1v) is 3.62. The maximum Gasteiger partial charge on any atom is 0.0561 e. The van der Waals surface area contributed by atoms with Crippen LogP contribution in [0.3, 0.4) is 0 Å². The van der Waals surface area contributed by atoms with Crippen LogP contribution in [0.25, 0.3) is 0 Å². The molecule has 0 amide bonds. The molecule has 0 spiro atoms. The Morgan fingerprint density at radius 1 is 1.56 bits per heavy atom. The van der Waals surface area contributed by atoms with Crippen LogP contribution in [0.4, 0.5) is 0 Å². The molecule has 2 unspecified atom stereocenters. The molecule has 54 valence electrons. The minimum absolute atomic E-state index is 0.455. The average Bonchev–Trinajstić information content (AvgIpc) is 1.88. The van der Waals surface area contributed by atoms with Crippen LogP contribution in [-0.4, -0.2) is 25.8 Å². The summed E-state index contributed by atoms with van der Waals surface area (Å²) in [6.07, 6.45) is 2.79. The van der Waals surface area contributed by atoms with Gasteiger partial charge in [0, 0.05) is 12.6 Å². The van der Waals surface area contributed by atoms with Gasteiger partial charge < -0.3 is 10.1 Å². The quantitative estimate of drug-likeness (QED) is 0.564. The fourth-order valence-electron chi connectivity index (χ4n) is 1.26. The Kier molecular flexibility index (Phi) is 2.49. The molecule has 1 aliphatic rings. The lowest BCUT2D eigenvalue weighted by Crippen LogP contribution is -2.35. The Bertz CT molecular complexity index is 85.0. The highest BCUT2D eigenvalue weighted by molar-refractivity contribution is 4.72. The third-order valence-corrected chi connectivity index (χ3v) is 1.89. The highest BCUT2D eigenvalue weighted by Crippen LogP contribution is 2.11. The van der Waals surface area contributed by atoms with E-state index >= 15 is 0 Å². The van der Waals surface area contributed by atoms with Crippen LogP contribution in [0.1, 0.15) is 19.8 Å². The van der Waals surface area contributed by atoms with E-state index in [4.69, 9.17) is 4.74 Å². The van der Waals surface area contributed by atoms with Gasteiger partial charge in [-0.1, -0.05) is 0 Å². The summed E-state index contributed by atoms with van der Waals surface area (Å²) >= 11 is 0. The molecule has 1 fully saturated rings. The molecule has 9 heavy (non-hydrogen) atoms. The van der Waals surface area contributed by atoms with Crippen LogP contribution < -0.4 is 5.32 Å².